The first-order valence-corrected chi connectivity index (χ1v) is 9.28. The number of amides is 3. The van der Waals surface area contributed by atoms with E-state index in [2.05, 4.69) is 26.1 Å². The molecule has 0 saturated heterocycles. The summed E-state index contributed by atoms with van der Waals surface area (Å²) in [4.78, 5) is 35.6. The third-order valence-corrected chi connectivity index (χ3v) is 5.21. The minimum atomic E-state index is -0.310. The van der Waals surface area contributed by atoms with E-state index >= 15 is 0 Å². The number of rotatable bonds is 11. The molecule has 0 aromatic carbocycles. The average molecular weight is 340 g/mol. The monoisotopic (exact) mass is 340 g/mol. The average Bonchev–Trinajstić information content (AvgIpc) is 2.81. The maximum Gasteiger partial charge on any atom is 0.253 e. The summed E-state index contributed by atoms with van der Waals surface area (Å²) in [6.45, 7) is 7.25. The van der Waals surface area contributed by atoms with E-state index in [1.807, 2.05) is 11.8 Å². The van der Waals surface area contributed by atoms with Crippen LogP contribution in [0.5, 0.6) is 0 Å². The Morgan fingerprint density at radius 3 is 2.48 bits per heavy atom. The fourth-order valence-corrected chi connectivity index (χ4v) is 3.43. The number of nitrogens with one attached hydrogen (secondary N) is 1. The highest BCUT2D eigenvalue weighted by Gasteiger charge is 2.22. The van der Waals surface area contributed by atoms with E-state index in [9.17, 15) is 14.4 Å². The Morgan fingerprint density at radius 2 is 1.87 bits per heavy atom. The van der Waals surface area contributed by atoms with Gasteiger partial charge in [0.15, 0.2) is 0 Å². The molecule has 1 heterocycles. The number of hydrogen-bond acceptors (Lipinski definition) is 4. The van der Waals surface area contributed by atoms with Crippen LogP contribution in [0.3, 0.4) is 0 Å². The Bertz CT molecular complexity index is 443. The minimum Gasteiger partial charge on any atom is -0.354 e. The molecule has 3 amide bonds. The van der Waals surface area contributed by atoms with Crippen molar-refractivity contribution in [3.8, 4) is 0 Å². The van der Waals surface area contributed by atoms with Crippen molar-refractivity contribution in [1.82, 2.24) is 10.2 Å². The normalized spacial score (nSPS) is 14.7. The molecule has 0 atom stereocenters. The number of carbonyl (C=O) groups is 3. The van der Waals surface area contributed by atoms with Crippen molar-refractivity contribution < 1.29 is 14.4 Å². The van der Waals surface area contributed by atoms with Crippen LogP contribution in [0.1, 0.15) is 52.9 Å². The second-order valence-electron chi connectivity index (χ2n) is 6.33. The number of imide groups is 1. The van der Waals surface area contributed by atoms with Gasteiger partial charge in [0.1, 0.15) is 0 Å². The van der Waals surface area contributed by atoms with E-state index < -0.39 is 0 Å². The van der Waals surface area contributed by atoms with Crippen LogP contribution in [0.15, 0.2) is 12.2 Å². The molecule has 1 rings (SSSR count). The third-order valence-electron chi connectivity index (χ3n) is 3.73. The van der Waals surface area contributed by atoms with Gasteiger partial charge in [0.25, 0.3) is 11.8 Å². The van der Waals surface area contributed by atoms with E-state index in [1.165, 1.54) is 31.4 Å². The van der Waals surface area contributed by atoms with E-state index in [4.69, 9.17) is 0 Å². The lowest BCUT2D eigenvalue weighted by atomic mass is 10.1. The van der Waals surface area contributed by atoms with Crippen LogP contribution in [0.25, 0.3) is 0 Å². The second kappa shape index (κ2) is 9.75. The van der Waals surface area contributed by atoms with Crippen molar-refractivity contribution in [3.63, 3.8) is 0 Å². The molecule has 5 nitrogen and oxygen atoms in total. The Balaban J connectivity index is 2.08. The molecule has 0 spiro atoms. The molecule has 130 valence electrons. The maximum atomic E-state index is 11.8. The van der Waals surface area contributed by atoms with E-state index in [0.29, 0.717) is 13.0 Å². The topological polar surface area (TPSA) is 66.5 Å². The molecule has 0 radical (unpaired) electrons. The largest absolute Gasteiger partial charge is 0.354 e. The van der Waals surface area contributed by atoms with E-state index in [-0.39, 0.29) is 29.0 Å². The van der Waals surface area contributed by atoms with Crippen molar-refractivity contribution in [1.29, 1.82) is 0 Å². The van der Waals surface area contributed by atoms with Crippen LogP contribution in [0, 0.1) is 0 Å². The van der Waals surface area contributed by atoms with Crippen molar-refractivity contribution in [2.75, 3.05) is 18.8 Å². The fourth-order valence-electron chi connectivity index (χ4n) is 2.30. The predicted octanol–water partition coefficient (Wildman–Crippen LogP) is 2.51. The summed E-state index contributed by atoms with van der Waals surface area (Å²) in [6, 6.07) is 0. The van der Waals surface area contributed by atoms with Gasteiger partial charge in [-0.1, -0.05) is 33.6 Å². The lowest BCUT2D eigenvalue weighted by Gasteiger charge is -2.23. The molecule has 0 aliphatic carbocycles. The van der Waals surface area contributed by atoms with Crippen molar-refractivity contribution in [2.45, 2.75) is 57.6 Å². The first-order chi connectivity index (χ1) is 10.9. The predicted molar refractivity (Wildman–Crippen MR) is 94.2 cm³/mol. The van der Waals surface area contributed by atoms with Crippen molar-refractivity contribution in [3.05, 3.63) is 12.2 Å². The van der Waals surface area contributed by atoms with Gasteiger partial charge >= 0.3 is 0 Å². The van der Waals surface area contributed by atoms with Crippen molar-refractivity contribution in [2.24, 2.45) is 0 Å². The smallest absolute Gasteiger partial charge is 0.253 e. The highest BCUT2D eigenvalue weighted by atomic mass is 32.2. The van der Waals surface area contributed by atoms with Gasteiger partial charge in [0.2, 0.25) is 5.91 Å². The molecular weight excluding hydrogens is 312 g/mol. The molecule has 0 saturated carbocycles. The van der Waals surface area contributed by atoms with Gasteiger partial charge < -0.3 is 5.32 Å². The van der Waals surface area contributed by atoms with E-state index in [0.717, 1.165) is 17.1 Å². The van der Waals surface area contributed by atoms with Gasteiger partial charge in [-0.05, 0) is 18.6 Å². The lowest BCUT2D eigenvalue weighted by Crippen LogP contribution is -2.38. The standard InChI is InChI=1S/C17H28N2O3S/c1-4-5-10-17(2,3)23-13-6-7-14(20)18-11-12-19-15(21)8-9-16(19)22/h8-9H,4-7,10-13H2,1-3H3,(H,18,20). The van der Waals surface area contributed by atoms with Crippen LogP contribution in [-0.2, 0) is 14.4 Å². The molecule has 0 bridgehead atoms. The molecule has 0 aromatic heterocycles. The van der Waals surface area contributed by atoms with Crippen LogP contribution in [0.2, 0.25) is 0 Å². The zero-order valence-corrected chi connectivity index (χ0v) is 15.2. The number of hydrogen-bond donors (Lipinski definition) is 1. The van der Waals surface area contributed by atoms with Gasteiger partial charge in [-0.25, -0.2) is 0 Å². The molecule has 1 N–H and O–H groups in total. The summed E-state index contributed by atoms with van der Waals surface area (Å²) in [5, 5.41) is 2.76. The minimum absolute atomic E-state index is 0.0241. The van der Waals surface area contributed by atoms with Gasteiger partial charge in [-0.3, -0.25) is 19.3 Å². The zero-order valence-electron chi connectivity index (χ0n) is 14.4. The van der Waals surface area contributed by atoms with Crippen molar-refractivity contribution >= 4 is 29.5 Å². The van der Waals surface area contributed by atoms with Gasteiger partial charge in [-0.2, -0.15) is 11.8 Å². The molecule has 1 aliphatic rings. The summed E-state index contributed by atoms with van der Waals surface area (Å²) in [5.41, 5.74) is 0. The van der Waals surface area contributed by atoms with Gasteiger partial charge in [0, 0.05) is 36.4 Å². The SMILES string of the molecule is CCCCC(C)(C)SCCCC(=O)NCCN1C(=O)C=CC1=O. The number of thioether (sulfide) groups is 1. The number of nitrogens with zero attached hydrogens (tertiary/aromatic N) is 1. The Morgan fingerprint density at radius 1 is 1.22 bits per heavy atom. The summed E-state index contributed by atoms with van der Waals surface area (Å²) in [7, 11) is 0. The van der Waals surface area contributed by atoms with Crippen LogP contribution < -0.4 is 5.32 Å². The third kappa shape index (κ3) is 7.68. The molecule has 23 heavy (non-hydrogen) atoms. The number of unbranched alkanes of at least 4 members (excludes halogenated alkanes) is 1. The molecule has 6 heteroatoms. The molecule has 0 unspecified atom stereocenters. The van der Waals surface area contributed by atoms with Gasteiger partial charge in [0.05, 0.1) is 0 Å². The molecule has 1 aliphatic heterocycles. The first-order valence-electron chi connectivity index (χ1n) is 8.30. The summed E-state index contributed by atoms with van der Waals surface area (Å²) in [6.07, 6.45) is 7.48. The van der Waals surface area contributed by atoms with E-state index in [1.54, 1.807) is 0 Å². The number of carbonyl (C=O) groups excluding carboxylic acids is 3. The maximum absolute atomic E-state index is 11.8. The summed E-state index contributed by atoms with van der Waals surface area (Å²) >= 11 is 1.92. The highest BCUT2D eigenvalue weighted by molar-refractivity contribution is 8.00. The Labute approximate surface area is 143 Å². The Hall–Kier alpha value is -1.30. The van der Waals surface area contributed by atoms with Crippen LogP contribution in [-0.4, -0.2) is 46.2 Å². The summed E-state index contributed by atoms with van der Waals surface area (Å²) in [5.74, 6) is 0.325. The van der Waals surface area contributed by atoms with Crippen LogP contribution >= 0.6 is 11.8 Å². The summed E-state index contributed by atoms with van der Waals surface area (Å²) < 4.78 is 0.274. The quantitative estimate of drug-likeness (QED) is 0.463. The lowest BCUT2D eigenvalue weighted by molar-refractivity contribution is -0.137. The molecular formula is C17H28N2O3S. The zero-order chi connectivity index (χ0) is 17.3. The highest BCUT2D eigenvalue weighted by Crippen LogP contribution is 2.30. The van der Waals surface area contributed by atoms with Crippen LogP contribution in [0.4, 0.5) is 0 Å². The second-order valence-corrected chi connectivity index (χ2v) is 8.13. The Kier molecular flexibility index (Phi) is 8.37. The first kappa shape index (κ1) is 19.7. The van der Waals surface area contributed by atoms with Gasteiger partial charge in [-0.15, -0.1) is 0 Å². The molecule has 0 aromatic rings. The fraction of sp³-hybridized carbons (Fsp3) is 0.706. The molecule has 0 fully saturated rings.